The minimum Gasteiger partial charge on any atom is -0.366 e. The molecule has 2 aromatic rings. The van der Waals surface area contributed by atoms with Crippen LogP contribution < -0.4 is 5.32 Å². The number of aromatic nitrogens is 4. The minimum absolute atomic E-state index is 0.554. The van der Waals surface area contributed by atoms with Crippen molar-refractivity contribution in [3.8, 4) is 0 Å². The Bertz CT molecular complexity index is 603. The van der Waals surface area contributed by atoms with Gasteiger partial charge in [-0.1, -0.05) is 0 Å². The molecule has 3 rings (SSSR count). The second-order valence-corrected chi connectivity index (χ2v) is 5.79. The van der Waals surface area contributed by atoms with Crippen LogP contribution in [0.1, 0.15) is 35.8 Å². The molecule has 0 bridgehead atoms. The van der Waals surface area contributed by atoms with Crippen molar-refractivity contribution in [3.63, 3.8) is 0 Å². The average Bonchev–Trinajstić information content (AvgIpc) is 3.13. The highest BCUT2D eigenvalue weighted by Crippen LogP contribution is 2.38. The maximum atomic E-state index is 4.57. The second kappa shape index (κ2) is 4.92. The van der Waals surface area contributed by atoms with Gasteiger partial charge in [0.15, 0.2) is 0 Å². The van der Waals surface area contributed by atoms with Gasteiger partial charge >= 0.3 is 0 Å². The molecular weight excluding hydrogens is 306 g/mol. The first kappa shape index (κ1) is 12.6. The molecule has 2 aromatic heterocycles. The number of nitrogens with one attached hydrogen (secondary N) is 1. The average molecular weight is 322 g/mol. The van der Waals surface area contributed by atoms with Crippen molar-refractivity contribution < 1.29 is 0 Å². The summed E-state index contributed by atoms with van der Waals surface area (Å²) in [6.07, 6.45) is 4.44. The van der Waals surface area contributed by atoms with E-state index < -0.39 is 0 Å². The van der Waals surface area contributed by atoms with Gasteiger partial charge in [-0.3, -0.25) is 4.68 Å². The zero-order chi connectivity index (χ0) is 13.4. The topological polar surface area (TPSA) is 55.6 Å². The van der Waals surface area contributed by atoms with Crippen LogP contribution >= 0.6 is 15.9 Å². The van der Waals surface area contributed by atoms with Crippen LogP contribution in [0.4, 0.5) is 5.82 Å². The lowest BCUT2D eigenvalue weighted by Crippen LogP contribution is -2.04. The number of anilines is 1. The van der Waals surface area contributed by atoms with Gasteiger partial charge in [0.1, 0.15) is 16.2 Å². The number of hydrogen-bond donors (Lipinski definition) is 1. The first-order valence-electron chi connectivity index (χ1n) is 6.39. The first-order valence-corrected chi connectivity index (χ1v) is 7.18. The van der Waals surface area contributed by atoms with E-state index in [0.29, 0.717) is 5.92 Å². The summed E-state index contributed by atoms with van der Waals surface area (Å²) in [5.74, 6) is 2.37. The van der Waals surface area contributed by atoms with E-state index in [1.54, 1.807) is 0 Å². The zero-order valence-corrected chi connectivity index (χ0v) is 12.6. The van der Waals surface area contributed by atoms with Gasteiger partial charge in [0.2, 0.25) is 0 Å². The third-order valence-corrected chi connectivity index (χ3v) is 3.64. The van der Waals surface area contributed by atoms with Crippen molar-refractivity contribution in [2.24, 2.45) is 7.05 Å². The third kappa shape index (κ3) is 2.94. The Morgan fingerprint density at radius 3 is 2.84 bits per heavy atom. The lowest BCUT2D eigenvalue weighted by molar-refractivity contribution is 0.756. The van der Waals surface area contributed by atoms with Crippen molar-refractivity contribution in [1.82, 2.24) is 19.7 Å². The van der Waals surface area contributed by atoms with Gasteiger partial charge in [0, 0.05) is 37.3 Å². The van der Waals surface area contributed by atoms with Crippen LogP contribution in [0.5, 0.6) is 0 Å². The highest BCUT2D eigenvalue weighted by molar-refractivity contribution is 9.10. The number of aryl methyl sites for hydroxylation is 2. The number of hydrogen-bond acceptors (Lipinski definition) is 4. The van der Waals surface area contributed by atoms with E-state index in [-0.39, 0.29) is 0 Å². The summed E-state index contributed by atoms with van der Waals surface area (Å²) >= 11 is 3.45. The maximum absolute atomic E-state index is 4.57. The van der Waals surface area contributed by atoms with Crippen molar-refractivity contribution in [3.05, 3.63) is 33.9 Å². The van der Waals surface area contributed by atoms with Crippen molar-refractivity contribution in [1.29, 1.82) is 0 Å². The molecule has 1 aliphatic carbocycles. The number of rotatable bonds is 4. The molecule has 2 heterocycles. The van der Waals surface area contributed by atoms with E-state index in [4.69, 9.17) is 0 Å². The van der Waals surface area contributed by atoms with Crippen LogP contribution in [0, 0.1) is 6.92 Å². The molecule has 0 aromatic carbocycles. The Morgan fingerprint density at radius 1 is 1.42 bits per heavy atom. The van der Waals surface area contributed by atoms with Crippen LogP contribution in [0.2, 0.25) is 0 Å². The molecule has 5 nitrogen and oxygen atoms in total. The second-order valence-electron chi connectivity index (χ2n) is 4.98. The van der Waals surface area contributed by atoms with Crippen molar-refractivity contribution >= 4 is 21.7 Å². The van der Waals surface area contributed by atoms with Gasteiger partial charge in [-0.25, -0.2) is 9.97 Å². The monoisotopic (exact) mass is 321 g/mol. The molecule has 0 unspecified atom stereocenters. The van der Waals surface area contributed by atoms with E-state index in [2.05, 4.69) is 36.3 Å². The van der Waals surface area contributed by atoms with Gasteiger partial charge in [0.25, 0.3) is 0 Å². The highest BCUT2D eigenvalue weighted by Gasteiger charge is 2.27. The molecule has 1 N–H and O–H groups in total. The summed E-state index contributed by atoms with van der Waals surface area (Å²) in [5, 5.41) is 7.68. The summed E-state index contributed by atoms with van der Waals surface area (Å²) in [7, 11) is 1.93. The summed E-state index contributed by atoms with van der Waals surface area (Å²) in [6.45, 7) is 2.75. The van der Waals surface area contributed by atoms with Crippen molar-refractivity contribution in [2.75, 3.05) is 5.32 Å². The molecule has 0 amide bonds. The Kier molecular flexibility index (Phi) is 3.26. The van der Waals surface area contributed by atoms with Crippen LogP contribution in [0.25, 0.3) is 0 Å². The first-order chi connectivity index (χ1) is 9.11. The maximum Gasteiger partial charge on any atom is 0.135 e. The van der Waals surface area contributed by atoms with Crippen molar-refractivity contribution in [2.45, 2.75) is 32.2 Å². The van der Waals surface area contributed by atoms with E-state index in [1.165, 1.54) is 18.4 Å². The van der Waals surface area contributed by atoms with E-state index in [1.807, 2.05) is 30.9 Å². The summed E-state index contributed by atoms with van der Waals surface area (Å²) in [4.78, 5) is 8.99. The smallest absolute Gasteiger partial charge is 0.135 e. The fraction of sp³-hybridized carbons (Fsp3) is 0.462. The molecule has 0 saturated heterocycles. The molecule has 0 aliphatic heterocycles. The SMILES string of the molecule is Cc1nn(C)cc1CNc1cc(Br)nc(C2CC2)n1. The number of halogens is 1. The minimum atomic E-state index is 0.554. The fourth-order valence-corrected chi connectivity index (χ4v) is 2.46. The Balaban J connectivity index is 1.74. The van der Waals surface area contributed by atoms with Crippen LogP contribution in [-0.2, 0) is 13.6 Å². The Labute approximate surface area is 120 Å². The largest absolute Gasteiger partial charge is 0.366 e. The predicted molar refractivity (Wildman–Crippen MR) is 77.0 cm³/mol. The zero-order valence-electron chi connectivity index (χ0n) is 11.0. The van der Waals surface area contributed by atoms with Crippen LogP contribution in [-0.4, -0.2) is 19.7 Å². The molecular formula is C13H16BrN5. The quantitative estimate of drug-likeness (QED) is 0.880. The standard InChI is InChI=1S/C13H16BrN5/c1-8-10(7-19(2)18-8)6-15-12-5-11(14)16-13(17-12)9-3-4-9/h5,7,9H,3-4,6H2,1-2H3,(H,15,16,17). The number of nitrogens with zero attached hydrogens (tertiary/aromatic N) is 4. The molecule has 1 fully saturated rings. The van der Waals surface area contributed by atoms with E-state index >= 15 is 0 Å². The van der Waals surface area contributed by atoms with E-state index in [0.717, 1.165) is 28.5 Å². The van der Waals surface area contributed by atoms with Gasteiger partial charge in [-0.05, 0) is 35.7 Å². The molecule has 6 heteroatoms. The summed E-state index contributed by atoms with van der Waals surface area (Å²) in [5.41, 5.74) is 2.23. The van der Waals surface area contributed by atoms with Crippen LogP contribution in [0.3, 0.4) is 0 Å². The highest BCUT2D eigenvalue weighted by atomic mass is 79.9. The molecule has 100 valence electrons. The lowest BCUT2D eigenvalue weighted by atomic mass is 10.2. The van der Waals surface area contributed by atoms with E-state index in [9.17, 15) is 0 Å². The van der Waals surface area contributed by atoms with Gasteiger partial charge < -0.3 is 5.32 Å². The molecule has 0 atom stereocenters. The third-order valence-electron chi connectivity index (χ3n) is 3.23. The summed E-state index contributed by atoms with van der Waals surface area (Å²) in [6, 6.07) is 1.91. The molecule has 1 saturated carbocycles. The Morgan fingerprint density at radius 2 is 2.21 bits per heavy atom. The molecule has 0 spiro atoms. The molecule has 0 radical (unpaired) electrons. The Hall–Kier alpha value is -1.43. The lowest BCUT2D eigenvalue weighted by Gasteiger charge is -2.07. The summed E-state index contributed by atoms with van der Waals surface area (Å²) < 4.78 is 2.67. The van der Waals surface area contributed by atoms with Gasteiger partial charge in [-0.2, -0.15) is 5.10 Å². The normalized spacial score (nSPS) is 14.7. The predicted octanol–water partition coefficient (Wildman–Crippen LogP) is 2.77. The van der Waals surface area contributed by atoms with Crippen LogP contribution in [0.15, 0.2) is 16.9 Å². The molecule has 1 aliphatic rings. The van der Waals surface area contributed by atoms with Gasteiger partial charge in [0.05, 0.1) is 5.69 Å². The molecule has 19 heavy (non-hydrogen) atoms. The fourth-order valence-electron chi connectivity index (χ4n) is 2.06. The van der Waals surface area contributed by atoms with Gasteiger partial charge in [-0.15, -0.1) is 0 Å².